The molecule has 14 nitrogen and oxygen atoms in total. The van der Waals surface area contributed by atoms with Crippen LogP contribution in [0.3, 0.4) is 0 Å². The third kappa shape index (κ3) is 27.9. The third-order valence-electron chi connectivity index (χ3n) is 5.88. The van der Waals surface area contributed by atoms with E-state index < -0.39 is 35.5 Å². The van der Waals surface area contributed by atoms with Crippen LogP contribution >= 0.6 is 23.5 Å². The molecule has 0 aliphatic heterocycles. The molecule has 0 rings (SSSR count). The highest BCUT2D eigenvalue weighted by atomic mass is 32.2. The standard InChI is InChI=1S/C31H58N6O8S2/c1-22(38)34-20-46-18-24(36-28(42)44-30(3,4)5)26(40)32-16-14-12-10-9-11-13-15-17-33-27(41)25(19-47-21-35-23(2)39)37-29(43)45-31(6,7)8/h24-25H,9-21H2,1-8H3,(H,32,40)(H,33,41)(H,34,38)(H,35,39)(H,36,42)(H,37,43)/t24-,25-/m0/s1. The third-order valence-corrected chi connectivity index (χ3v) is 7.72. The lowest BCUT2D eigenvalue weighted by atomic mass is 10.1. The number of nitrogens with one attached hydrogen (secondary N) is 6. The molecule has 0 heterocycles. The van der Waals surface area contributed by atoms with Gasteiger partial charge in [-0.1, -0.05) is 32.1 Å². The first-order valence-corrected chi connectivity index (χ1v) is 18.4. The fourth-order valence-electron chi connectivity index (χ4n) is 3.73. The molecule has 0 aliphatic rings. The molecule has 6 amide bonds. The summed E-state index contributed by atoms with van der Waals surface area (Å²) < 4.78 is 10.6. The van der Waals surface area contributed by atoms with E-state index in [1.54, 1.807) is 41.5 Å². The molecule has 0 aromatic heterocycles. The zero-order chi connectivity index (χ0) is 35.9. The molecule has 0 aliphatic carbocycles. The van der Waals surface area contributed by atoms with Crippen molar-refractivity contribution in [3.8, 4) is 0 Å². The lowest BCUT2D eigenvalue weighted by molar-refractivity contribution is -0.123. The Labute approximate surface area is 288 Å². The minimum atomic E-state index is -0.796. The molecule has 2 atom stereocenters. The van der Waals surface area contributed by atoms with E-state index in [1.807, 2.05) is 0 Å². The Morgan fingerprint density at radius 3 is 1.15 bits per heavy atom. The fourth-order valence-corrected chi connectivity index (χ4v) is 5.51. The molecular weight excluding hydrogens is 649 g/mol. The molecule has 272 valence electrons. The van der Waals surface area contributed by atoms with Gasteiger partial charge in [-0.05, 0) is 54.4 Å². The van der Waals surface area contributed by atoms with Crippen LogP contribution in [0.2, 0.25) is 0 Å². The van der Waals surface area contributed by atoms with Crippen molar-refractivity contribution < 1.29 is 38.2 Å². The van der Waals surface area contributed by atoms with Crippen LogP contribution in [-0.2, 0) is 28.7 Å². The minimum absolute atomic E-state index is 0.171. The summed E-state index contributed by atoms with van der Waals surface area (Å²) in [4.78, 5) is 72.1. The van der Waals surface area contributed by atoms with Gasteiger partial charge in [-0.15, -0.1) is 23.5 Å². The van der Waals surface area contributed by atoms with Crippen LogP contribution in [0.4, 0.5) is 9.59 Å². The molecule has 0 radical (unpaired) electrons. The zero-order valence-electron chi connectivity index (χ0n) is 29.4. The largest absolute Gasteiger partial charge is 0.444 e. The Balaban J connectivity index is 4.35. The van der Waals surface area contributed by atoms with Gasteiger partial charge in [-0.3, -0.25) is 19.2 Å². The summed E-state index contributed by atoms with van der Waals surface area (Å²) in [6, 6.07) is -1.59. The average molecular weight is 707 g/mol. The molecule has 47 heavy (non-hydrogen) atoms. The quantitative estimate of drug-likeness (QED) is 0.0718. The number of rotatable bonds is 22. The van der Waals surface area contributed by atoms with E-state index in [0.717, 1.165) is 44.9 Å². The van der Waals surface area contributed by atoms with E-state index in [9.17, 15) is 28.8 Å². The predicted molar refractivity (Wildman–Crippen MR) is 187 cm³/mol. The topological polar surface area (TPSA) is 193 Å². The molecule has 6 N–H and O–H groups in total. The Kier molecular flexibility index (Phi) is 22.8. The van der Waals surface area contributed by atoms with E-state index in [0.29, 0.717) is 24.8 Å². The number of carbonyl (C=O) groups is 6. The van der Waals surface area contributed by atoms with Gasteiger partial charge in [-0.2, -0.15) is 0 Å². The Morgan fingerprint density at radius 2 is 0.851 bits per heavy atom. The second-order valence-electron chi connectivity index (χ2n) is 13.0. The Hall–Kier alpha value is -2.88. The van der Waals surface area contributed by atoms with Crippen LogP contribution < -0.4 is 31.9 Å². The fraction of sp³-hybridized carbons (Fsp3) is 0.806. The van der Waals surface area contributed by atoms with Gasteiger partial charge in [0.15, 0.2) is 0 Å². The van der Waals surface area contributed by atoms with E-state index >= 15 is 0 Å². The lowest BCUT2D eigenvalue weighted by Crippen LogP contribution is -2.50. The number of unbranched alkanes of at least 4 members (excludes halogenated alkanes) is 6. The molecule has 0 bridgehead atoms. The zero-order valence-corrected chi connectivity index (χ0v) is 31.1. The highest BCUT2D eigenvalue weighted by Crippen LogP contribution is 2.11. The van der Waals surface area contributed by atoms with Crippen molar-refractivity contribution in [1.82, 2.24) is 31.9 Å². The molecule has 16 heteroatoms. The van der Waals surface area contributed by atoms with Crippen molar-refractivity contribution in [2.45, 2.75) is 124 Å². The lowest BCUT2D eigenvalue weighted by Gasteiger charge is -2.23. The van der Waals surface area contributed by atoms with Crippen LogP contribution in [0.1, 0.15) is 100 Å². The molecule has 0 saturated carbocycles. The van der Waals surface area contributed by atoms with Crippen molar-refractivity contribution >= 4 is 59.3 Å². The molecule has 0 unspecified atom stereocenters. The maximum atomic E-state index is 12.7. The van der Waals surface area contributed by atoms with Crippen LogP contribution in [-0.4, -0.2) is 95.4 Å². The van der Waals surface area contributed by atoms with Crippen LogP contribution in [0.25, 0.3) is 0 Å². The predicted octanol–water partition coefficient (Wildman–Crippen LogP) is 3.39. The molecule has 0 fully saturated rings. The summed E-state index contributed by atoms with van der Waals surface area (Å²) in [7, 11) is 0. The van der Waals surface area contributed by atoms with Crippen molar-refractivity contribution in [1.29, 1.82) is 0 Å². The second-order valence-corrected chi connectivity index (χ2v) is 15.0. The summed E-state index contributed by atoms with van der Waals surface area (Å²) in [5.74, 6) is 0.270. The number of ether oxygens (including phenoxy) is 2. The van der Waals surface area contributed by atoms with Crippen molar-refractivity contribution in [3.05, 3.63) is 0 Å². The number of thioether (sulfide) groups is 2. The van der Waals surface area contributed by atoms with E-state index in [4.69, 9.17) is 9.47 Å². The van der Waals surface area contributed by atoms with Crippen LogP contribution in [0.15, 0.2) is 0 Å². The van der Waals surface area contributed by atoms with Crippen molar-refractivity contribution in [3.63, 3.8) is 0 Å². The van der Waals surface area contributed by atoms with E-state index in [2.05, 4.69) is 31.9 Å². The number of hydrogen-bond acceptors (Lipinski definition) is 10. The van der Waals surface area contributed by atoms with Gasteiger partial charge in [0.25, 0.3) is 0 Å². The smallest absolute Gasteiger partial charge is 0.408 e. The summed E-state index contributed by atoms with van der Waals surface area (Å²) in [5.41, 5.74) is -1.39. The van der Waals surface area contributed by atoms with Crippen LogP contribution in [0, 0.1) is 0 Å². The molecule has 0 aromatic carbocycles. The number of alkyl carbamates (subject to hydrolysis) is 2. The average Bonchev–Trinajstić information content (AvgIpc) is 2.92. The first kappa shape index (κ1) is 44.1. The van der Waals surface area contributed by atoms with Gasteiger partial charge >= 0.3 is 12.2 Å². The maximum Gasteiger partial charge on any atom is 0.408 e. The Bertz CT molecular complexity index is 912. The van der Waals surface area contributed by atoms with E-state index in [1.165, 1.54) is 37.4 Å². The highest BCUT2D eigenvalue weighted by molar-refractivity contribution is 7.99. The number of carbonyl (C=O) groups excluding carboxylic acids is 6. The molecular formula is C31H58N6O8S2. The first-order chi connectivity index (χ1) is 21.9. The number of hydrogen-bond donors (Lipinski definition) is 6. The second kappa shape index (κ2) is 24.3. The summed E-state index contributed by atoms with van der Waals surface area (Å²) in [6.07, 6.45) is 5.15. The SMILES string of the molecule is CC(=O)NCSC[C@H](NC(=O)OC(C)(C)C)C(=O)NCCCCCCCCCNC(=O)[C@H](CSCNC(C)=O)NC(=O)OC(C)(C)C. The van der Waals surface area contributed by atoms with Gasteiger partial charge in [0.05, 0.1) is 11.8 Å². The van der Waals surface area contributed by atoms with Crippen molar-refractivity contribution in [2.75, 3.05) is 36.3 Å². The first-order valence-electron chi connectivity index (χ1n) is 16.1. The van der Waals surface area contributed by atoms with Gasteiger partial charge in [-0.25, -0.2) is 9.59 Å². The molecule has 0 spiro atoms. The molecule has 0 aromatic rings. The van der Waals surface area contributed by atoms with E-state index in [-0.39, 0.29) is 35.1 Å². The van der Waals surface area contributed by atoms with Gasteiger partial charge in [0.2, 0.25) is 23.6 Å². The highest BCUT2D eigenvalue weighted by Gasteiger charge is 2.25. The van der Waals surface area contributed by atoms with Gasteiger partial charge < -0.3 is 41.4 Å². The van der Waals surface area contributed by atoms with Gasteiger partial charge in [0.1, 0.15) is 23.3 Å². The summed E-state index contributed by atoms with van der Waals surface area (Å²) >= 11 is 2.65. The molecule has 0 saturated heterocycles. The normalized spacial score (nSPS) is 12.6. The Morgan fingerprint density at radius 1 is 0.532 bits per heavy atom. The van der Waals surface area contributed by atoms with Crippen LogP contribution in [0.5, 0.6) is 0 Å². The van der Waals surface area contributed by atoms with Crippen molar-refractivity contribution in [2.24, 2.45) is 0 Å². The maximum absolute atomic E-state index is 12.7. The monoisotopic (exact) mass is 706 g/mol. The van der Waals surface area contributed by atoms with Gasteiger partial charge in [0, 0.05) is 38.4 Å². The number of amides is 6. The summed E-state index contributed by atoms with van der Waals surface area (Å²) in [6.45, 7) is 14.3. The summed E-state index contributed by atoms with van der Waals surface area (Å²) in [5, 5.41) is 16.3. The minimum Gasteiger partial charge on any atom is -0.444 e.